The van der Waals surface area contributed by atoms with Crippen molar-refractivity contribution in [1.29, 1.82) is 0 Å². The molecule has 126 valence electrons. The second kappa shape index (κ2) is 6.16. The van der Waals surface area contributed by atoms with Gasteiger partial charge in [-0.1, -0.05) is 6.07 Å². The quantitative estimate of drug-likeness (QED) is 0.922. The van der Waals surface area contributed by atoms with Crippen molar-refractivity contribution in [3.63, 3.8) is 0 Å². The summed E-state index contributed by atoms with van der Waals surface area (Å²) >= 11 is 0. The molecule has 1 saturated heterocycles. The smallest absolute Gasteiger partial charge is 0.274 e. The van der Waals surface area contributed by atoms with Crippen LogP contribution in [0.2, 0.25) is 0 Å². The van der Waals surface area contributed by atoms with E-state index in [1.807, 2.05) is 24.0 Å². The lowest BCUT2D eigenvalue weighted by molar-refractivity contribution is 0.0622. The van der Waals surface area contributed by atoms with Crippen molar-refractivity contribution in [3.8, 4) is 11.5 Å². The zero-order valence-corrected chi connectivity index (χ0v) is 13.6. The van der Waals surface area contributed by atoms with Crippen LogP contribution in [0.3, 0.4) is 0 Å². The highest BCUT2D eigenvalue weighted by atomic mass is 16.7. The molecule has 2 aliphatic rings. The first-order chi connectivity index (χ1) is 11.7. The number of carbonyl (C=O) groups is 1. The standard InChI is InChI=1S/C17H20N4O3/c1-12-16(19-10-18-12)17(22)21-6-4-20(5-7-21)9-13-2-3-14-15(8-13)24-11-23-14/h2-3,8,10H,4-7,9,11H2,1H3,(H,18,19). The average Bonchev–Trinajstić information content (AvgIpc) is 3.23. The van der Waals surface area contributed by atoms with Crippen molar-refractivity contribution >= 4 is 5.91 Å². The first kappa shape index (κ1) is 15.0. The van der Waals surface area contributed by atoms with E-state index in [1.165, 1.54) is 5.56 Å². The summed E-state index contributed by atoms with van der Waals surface area (Å²) in [5.74, 6) is 1.63. The van der Waals surface area contributed by atoms with Gasteiger partial charge >= 0.3 is 0 Å². The fourth-order valence-electron chi connectivity index (χ4n) is 3.13. The van der Waals surface area contributed by atoms with Gasteiger partial charge in [0.15, 0.2) is 11.5 Å². The highest BCUT2D eigenvalue weighted by molar-refractivity contribution is 5.93. The van der Waals surface area contributed by atoms with Crippen LogP contribution in [0, 0.1) is 6.92 Å². The number of aromatic amines is 1. The Balaban J connectivity index is 1.35. The molecule has 1 N–H and O–H groups in total. The molecule has 0 aliphatic carbocycles. The van der Waals surface area contributed by atoms with E-state index >= 15 is 0 Å². The Bertz CT molecular complexity index is 750. The van der Waals surface area contributed by atoms with Crippen LogP contribution in [0.4, 0.5) is 0 Å². The third-order valence-electron chi connectivity index (χ3n) is 4.54. The first-order valence-electron chi connectivity index (χ1n) is 8.11. The molecule has 3 heterocycles. The average molecular weight is 328 g/mol. The van der Waals surface area contributed by atoms with E-state index in [0.717, 1.165) is 49.9 Å². The monoisotopic (exact) mass is 328 g/mol. The molecule has 2 aliphatic heterocycles. The molecule has 1 fully saturated rings. The fraction of sp³-hybridized carbons (Fsp3) is 0.412. The summed E-state index contributed by atoms with van der Waals surface area (Å²) in [6, 6.07) is 6.06. The summed E-state index contributed by atoms with van der Waals surface area (Å²) in [5, 5.41) is 0. The van der Waals surface area contributed by atoms with Gasteiger partial charge in [0, 0.05) is 38.4 Å². The summed E-state index contributed by atoms with van der Waals surface area (Å²) < 4.78 is 10.8. The van der Waals surface area contributed by atoms with Gasteiger partial charge in [0.2, 0.25) is 6.79 Å². The molecule has 4 rings (SSSR count). The molecule has 1 aromatic carbocycles. The predicted octanol–water partition coefficient (Wildman–Crippen LogP) is 1.40. The van der Waals surface area contributed by atoms with Gasteiger partial charge in [0.25, 0.3) is 5.91 Å². The molecular formula is C17H20N4O3. The maximum atomic E-state index is 12.5. The lowest BCUT2D eigenvalue weighted by atomic mass is 10.1. The zero-order valence-electron chi connectivity index (χ0n) is 13.6. The second-order valence-corrected chi connectivity index (χ2v) is 6.13. The Morgan fingerprint density at radius 2 is 2.00 bits per heavy atom. The van der Waals surface area contributed by atoms with Crippen molar-refractivity contribution in [2.45, 2.75) is 13.5 Å². The summed E-state index contributed by atoms with van der Waals surface area (Å²) in [6.45, 7) is 6.15. The maximum absolute atomic E-state index is 12.5. The Morgan fingerprint density at radius 1 is 1.21 bits per heavy atom. The Kier molecular flexibility index (Phi) is 3.86. The topological polar surface area (TPSA) is 70.7 Å². The van der Waals surface area contributed by atoms with E-state index in [1.54, 1.807) is 6.33 Å². The summed E-state index contributed by atoms with van der Waals surface area (Å²) in [4.78, 5) is 23.8. The van der Waals surface area contributed by atoms with Crippen LogP contribution in [0.25, 0.3) is 0 Å². The molecule has 1 amide bonds. The number of piperazine rings is 1. The Morgan fingerprint density at radius 3 is 2.75 bits per heavy atom. The number of ether oxygens (including phenoxy) is 2. The number of carbonyl (C=O) groups excluding carboxylic acids is 1. The molecule has 7 heteroatoms. The van der Waals surface area contributed by atoms with Gasteiger partial charge in [-0.3, -0.25) is 9.69 Å². The number of nitrogens with one attached hydrogen (secondary N) is 1. The molecular weight excluding hydrogens is 308 g/mol. The lowest BCUT2D eigenvalue weighted by Crippen LogP contribution is -2.48. The maximum Gasteiger partial charge on any atom is 0.274 e. The normalized spacial score (nSPS) is 17.3. The number of H-pyrrole nitrogens is 1. The van der Waals surface area contributed by atoms with E-state index < -0.39 is 0 Å². The molecule has 0 atom stereocenters. The van der Waals surface area contributed by atoms with Gasteiger partial charge in [-0.05, 0) is 24.6 Å². The van der Waals surface area contributed by atoms with Crippen LogP contribution < -0.4 is 9.47 Å². The lowest BCUT2D eigenvalue weighted by Gasteiger charge is -2.34. The molecule has 0 saturated carbocycles. The number of amides is 1. The Labute approximate surface area is 140 Å². The number of imidazole rings is 1. The number of nitrogens with zero attached hydrogens (tertiary/aromatic N) is 3. The minimum atomic E-state index is 0.0106. The minimum Gasteiger partial charge on any atom is -0.454 e. The van der Waals surface area contributed by atoms with Gasteiger partial charge in [-0.15, -0.1) is 0 Å². The van der Waals surface area contributed by atoms with Crippen LogP contribution in [-0.4, -0.2) is 58.6 Å². The highest BCUT2D eigenvalue weighted by Gasteiger charge is 2.24. The number of fused-ring (bicyclic) bond motifs is 1. The van der Waals surface area contributed by atoms with E-state index in [0.29, 0.717) is 12.5 Å². The molecule has 24 heavy (non-hydrogen) atoms. The van der Waals surface area contributed by atoms with Gasteiger partial charge < -0.3 is 19.4 Å². The van der Waals surface area contributed by atoms with Crippen LogP contribution in [0.1, 0.15) is 21.7 Å². The van der Waals surface area contributed by atoms with E-state index in [-0.39, 0.29) is 5.91 Å². The van der Waals surface area contributed by atoms with E-state index in [9.17, 15) is 4.79 Å². The molecule has 2 aromatic rings. The molecule has 0 unspecified atom stereocenters. The van der Waals surface area contributed by atoms with Gasteiger partial charge in [0.1, 0.15) is 5.69 Å². The number of aryl methyl sites for hydroxylation is 1. The van der Waals surface area contributed by atoms with Crippen molar-refractivity contribution < 1.29 is 14.3 Å². The van der Waals surface area contributed by atoms with Crippen molar-refractivity contribution in [3.05, 3.63) is 41.5 Å². The van der Waals surface area contributed by atoms with E-state index in [4.69, 9.17) is 9.47 Å². The molecule has 0 bridgehead atoms. The third kappa shape index (κ3) is 2.82. The first-order valence-corrected chi connectivity index (χ1v) is 8.11. The summed E-state index contributed by atoms with van der Waals surface area (Å²) in [7, 11) is 0. The van der Waals surface area contributed by atoms with Gasteiger partial charge in [-0.25, -0.2) is 4.98 Å². The number of hydrogen-bond donors (Lipinski definition) is 1. The molecule has 1 aromatic heterocycles. The largest absolute Gasteiger partial charge is 0.454 e. The number of aromatic nitrogens is 2. The second-order valence-electron chi connectivity index (χ2n) is 6.13. The SMILES string of the molecule is Cc1[nH]cnc1C(=O)N1CCN(Cc2ccc3c(c2)OCO3)CC1. The van der Waals surface area contributed by atoms with Gasteiger partial charge in [-0.2, -0.15) is 0 Å². The summed E-state index contributed by atoms with van der Waals surface area (Å²) in [5.41, 5.74) is 2.55. The van der Waals surface area contributed by atoms with Crippen LogP contribution in [0.5, 0.6) is 11.5 Å². The Hall–Kier alpha value is -2.54. The number of hydrogen-bond acceptors (Lipinski definition) is 5. The summed E-state index contributed by atoms with van der Waals surface area (Å²) in [6.07, 6.45) is 1.57. The van der Waals surface area contributed by atoms with Crippen molar-refractivity contribution in [2.24, 2.45) is 0 Å². The molecule has 0 spiro atoms. The third-order valence-corrected chi connectivity index (χ3v) is 4.54. The highest BCUT2D eigenvalue weighted by Crippen LogP contribution is 2.32. The molecule has 0 radical (unpaired) electrons. The minimum absolute atomic E-state index is 0.0106. The fourth-order valence-corrected chi connectivity index (χ4v) is 3.13. The van der Waals surface area contributed by atoms with Crippen LogP contribution in [-0.2, 0) is 6.54 Å². The zero-order chi connectivity index (χ0) is 16.5. The predicted molar refractivity (Wildman–Crippen MR) is 87.1 cm³/mol. The van der Waals surface area contributed by atoms with Crippen molar-refractivity contribution in [2.75, 3.05) is 33.0 Å². The van der Waals surface area contributed by atoms with E-state index in [2.05, 4.69) is 20.9 Å². The van der Waals surface area contributed by atoms with Crippen LogP contribution in [0.15, 0.2) is 24.5 Å². The van der Waals surface area contributed by atoms with Gasteiger partial charge in [0.05, 0.1) is 6.33 Å². The molecule has 7 nitrogen and oxygen atoms in total. The number of rotatable bonds is 3. The van der Waals surface area contributed by atoms with Crippen molar-refractivity contribution in [1.82, 2.24) is 19.8 Å². The number of benzene rings is 1. The van der Waals surface area contributed by atoms with Crippen LogP contribution >= 0.6 is 0 Å².